The van der Waals surface area contributed by atoms with Crippen molar-refractivity contribution in [2.45, 2.75) is 12.8 Å². The molecule has 0 aromatic rings. The van der Waals surface area contributed by atoms with Crippen LogP contribution < -0.4 is 5.73 Å². The van der Waals surface area contributed by atoms with Crippen molar-refractivity contribution in [2.75, 3.05) is 6.61 Å². The molecule has 0 aliphatic heterocycles. The van der Waals surface area contributed by atoms with E-state index < -0.39 is 0 Å². The Hall–Kier alpha value is -1.51. The number of carbonyl (C=O) groups is 1. The van der Waals surface area contributed by atoms with Crippen molar-refractivity contribution >= 4 is 6.47 Å². The average Bonchev–Trinajstić information content (AvgIpc) is 2.09. The van der Waals surface area contributed by atoms with Gasteiger partial charge < -0.3 is 10.5 Å². The minimum Gasteiger partial charge on any atom is -0.463 e. The SMILES string of the molecule is N/C1=C/C/C=C(COC=O)\C=C/C1. The molecule has 0 heterocycles. The number of nitrogens with two attached hydrogens (primary N) is 1. The highest BCUT2D eigenvalue weighted by Gasteiger charge is 1.95. The van der Waals surface area contributed by atoms with E-state index in [4.69, 9.17) is 5.73 Å². The maximum Gasteiger partial charge on any atom is 0.293 e. The van der Waals surface area contributed by atoms with Gasteiger partial charge in [0, 0.05) is 12.1 Å². The molecule has 0 unspecified atom stereocenters. The van der Waals surface area contributed by atoms with Gasteiger partial charge in [-0.1, -0.05) is 24.3 Å². The highest BCUT2D eigenvalue weighted by molar-refractivity contribution is 5.38. The van der Waals surface area contributed by atoms with Gasteiger partial charge in [-0.15, -0.1) is 0 Å². The lowest BCUT2D eigenvalue weighted by Crippen LogP contribution is -1.99. The van der Waals surface area contributed by atoms with Crippen molar-refractivity contribution in [3.05, 3.63) is 35.6 Å². The standard InChI is InChI=1S/C10H13NO2/c11-10-5-1-3-9(4-2-6-10)7-13-8-12/h1,3-4,6,8H,2,5,7,11H2/b3-1-,9-4+,10-6+. The van der Waals surface area contributed by atoms with Crippen LogP contribution >= 0.6 is 0 Å². The van der Waals surface area contributed by atoms with Crippen LogP contribution in [-0.2, 0) is 9.53 Å². The minimum absolute atomic E-state index is 0.341. The molecule has 0 aromatic heterocycles. The number of rotatable bonds is 3. The van der Waals surface area contributed by atoms with Crippen molar-refractivity contribution in [3.63, 3.8) is 0 Å². The second-order valence-corrected chi connectivity index (χ2v) is 2.81. The molecule has 0 saturated carbocycles. The highest BCUT2D eigenvalue weighted by Crippen LogP contribution is 2.08. The molecule has 0 spiro atoms. The first kappa shape index (κ1) is 9.58. The monoisotopic (exact) mass is 179 g/mol. The minimum atomic E-state index is 0.341. The number of hydrogen-bond acceptors (Lipinski definition) is 3. The molecule has 0 bridgehead atoms. The van der Waals surface area contributed by atoms with Crippen LogP contribution in [0.5, 0.6) is 0 Å². The molecule has 13 heavy (non-hydrogen) atoms. The van der Waals surface area contributed by atoms with Crippen LogP contribution in [0.25, 0.3) is 0 Å². The fourth-order valence-corrected chi connectivity index (χ4v) is 1.10. The Bertz CT molecular complexity index is 264. The normalized spacial score (nSPS) is 27.1. The fraction of sp³-hybridized carbons (Fsp3) is 0.300. The zero-order valence-corrected chi connectivity index (χ0v) is 7.40. The molecular formula is C10H13NO2. The third-order valence-electron chi connectivity index (χ3n) is 1.76. The van der Waals surface area contributed by atoms with E-state index in [9.17, 15) is 4.79 Å². The van der Waals surface area contributed by atoms with Crippen molar-refractivity contribution in [3.8, 4) is 0 Å². The third kappa shape index (κ3) is 3.60. The smallest absolute Gasteiger partial charge is 0.293 e. The summed E-state index contributed by atoms with van der Waals surface area (Å²) < 4.78 is 4.64. The van der Waals surface area contributed by atoms with Gasteiger partial charge in [-0.2, -0.15) is 0 Å². The number of carbonyl (C=O) groups excluding carboxylic acids is 1. The Morgan fingerprint density at radius 3 is 3.15 bits per heavy atom. The summed E-state index contributed by atoms with van der Waals surface area (Å²) in [7, 11) is 0. The molecule has 0 amide bonds. The summed E-state index contributed by atoms with van der Waals surface area (Å²) in [5.74, 6) is 0. The van der Waals surface area contributed by atoms with E-state index in [0.29, 0.717) is 13.1 Å². The van der Waals surface area contributed by atoms with E-state index in [1.165, 1.54) is 0 Å². The first-order valence-corrected chi connectivity index (χ1v) is 4.18. The molecule has 0 radical (unpaired) electrons. The van der Waals surface area contributed by atoms with Gasteiger partial charge in [0.2, 0.25) is 0 Å². The lowest BCUT2D eigenvalue weighted by Gasteiger charge is -2.03. The van der Waals surface area contributed by atoms with Gasteiger partial charge in [0.05, 0.1) is 0 Å². The molecule has 1 aliphatic rings. The van der Waals surface area contributed by atoms with Gasteiger partial charge in [-0.3, -0.25) is 4.79 Å². The highest BCUT2D eigenvalue weighted by atomic mass is 16.5. The summed E-state index contributed by atoms with van der Waals surface area (Å²) in [6, 6.07) is 0. The van der Waals surface area contributed by atoms with Crippen LogP contribution in [0.2, 0.25) is 0 Å². The Balaban J connectivity index is 2.55. The molecule has 0 fully saturated rings. The first-order valence-electron chi connectivity index (χ1n) is 4.18. The zero-order chi connectivity index (χ0) is 9.52. The van der Waals surface area contributed by atoms with Gasteiger partial charge in [-0.25, -0.2) is 0 Å². The summed E-state index contributed by atoms with van der Waals surface area (Å²) >= 11 is 0. The second kappa shape index (κ2) is 5.19. The van der Waals surface area contributed by atoms with Crippen LogP contribution in [0, 0.1) is 0 Å². The van der Waals surface area contributed by atoms with Crippen molar-refractivity contribution in [1.82, 2.24) is 0 Å². The van der Waals surface area contributed by atoms with Gasteiger partial charge in [0.1, 0.15) is 6.61 Å². The van der Waals surface area contributed by atoms with Crippen LogP contribution in [0.3, 0.4) is 0 Å². The molecule has 70 valence electrons. The molecule has 1 rings (SSSR count). The van der Waals surface area contributed by atoms with E-state index in [1.807, 2.05) is 24.3 Å². The second-order valence-electron chi connectivity index (χ2n) is 2.81. The summed E-state index contributed by atoms with van der Waals surface area (Å²) in [5, 5.41) is 0. The summed E-state index contributed by atoms with van der Waals surface area (Å²) in [6.45, 7) is 0.797. The molecule has 0 aromatic carbocycles. The Morgan fingerprint density at radius 1 is 1.54 bits per heavy atom. The largest absolute Gasteiger partial charge is 0.463 e. The first-order chi connectivity index (χ1) is 6.33. The van der Waals surface area contributed by atoms with Crippen molar-refractivity contribution in [1.29, 1.82) is 0 Å². The van der Waals surface area contributed by atoms with Gasteiger partial charge in [0.25, 0.3) is 6.47 Å². The Kier molecular flexibility index (Phi) is 3.82. The molecule has 0 atom stereocenters. The van der Waals surface area contributed by atoms with Crippen molar-refractivity contribution < 1.29 is 9.53 Å². The van der Waals surface area contributed by atoms with E-state index >= 15 is 0 Å². The van der Waals surface area contributed by atoms with E-state index in [2.05, 4.69) is 4.74 Å². The molecule has 0 saturated heterocycles. The van der Waals surface area contributed by atoms with Crippen molar-refractivity contribution in [2.24, 2.45) is 5.73 Å². The summed E-state index contributed by atoms with van der Waals surface area (Å²) in [4.78, 5) is 9.95. The average molecular weight is 179 g/mol. The lowest BCUT2D eigenvalue weighted by molar-refractivity contribution is -0.127. The number of hydrogen-bond donors (Lipinski definition) is 1. The van der Waals surface area contributed by atoms with Crippen LogP contribution in [0.1, 0.15) is 12.8 Å². The topological polar surface area (TPSA) is 52.3 Å². The van der Waals surface area contributed by atoms with E-state index in [0.717, 1.165) is 24.1 Å². The van der Waals surface area contributed by atoms with Crippen LogP contribution in [-0.4, -0.2) is 13.1 Å². The Morgan fingerprint density at radius 2 is 2.38 bits per heavy atom. The summed E-state index contributed by atoms with van der Waals surface area (Å²) in [6.07, 6.45) is 9.41. The zero-order valence-electron chi connectivity index (χ0n) is 7.40. The maximum atomic E-state index is 9.95. The molecule has 3 nitrogen and oxygen atoms in total. The molecule has 2 N–H and O–H groups in total. The van der Waals surface area contributed by atoms with Crippen LogP contribution in [0.15, 0.2) is 35.6 Å². The number of allylic oxidation sites excluding steroid dienone is 3. The predicted octanol–water partition coefficient (Wildman–Crippen LogP) is 1.28. The predicted molar refractivity (Wildman–Crippen MR) is 50.7 cm³/mol. The molecular weight excluding hydrogens is 166 g/mol. The quantitative estimate of drug-likeness (QED) is 0.664. The molecule has 3 heteroatoms. The Labute approximate surface area is 77.6 Å². The van der Waals surface area contributed by atoms with E-state index in [1.54, 1.807) is 0 Å². The fourth-order valence-electron chi connectivity index (χ4n) is 1.10. The third-order valence-corrected chi connectivity index (χ3v) is 1.76. The van der Waals surface area contributed by atoms with Gasteiger partial charge in [0.15, 0.2) is 0 Å². The maximum absolute atomic E-state index is 9.95. The molecule has 1 aliphatic carbocycles. The lowest BCUT2D eigenvalue weighted by atomic mass is 10.1. The van der Waals surface area contributed by atoms with Gasteiger partial charge >= 0.3 is 0 Å². The summed E-state index contributed by atoms with van der Waals surface area (Å²) in [5.41, 5.74) is 7.53. The van der Waals surface area contributed by atoms with Crippen LogP contribution in [0.4, 0.5) is 0 Å². The van der Waals surface area contributed by atoms with E-state index in [-0.39, 0.29) is 0 Å². The van der Waals surface area contributed by atoms with Gasteiger partial charge in [-0.05, 0) is 12.0 Å². The number of ether oxygens (including phenoxy) is 1.